The monoisotopic (exact) mass is 442 g/mol. The van der Waals surface area contributed by atoms with E-state index in [0.717, 1.165) is 49.0 Å². The van der Waals surface area contributed by atoms with Crippen LogP contribution in [0.4, 0.5) is 0 Å². The quantitative estimate of drug-likeness (QED) is 0.712. The predicted octanol–water partition coefficient (Wildman–Crippen LogP) is 4.80. The maximum absolute atomic E-state index is 13.5. The summed E-state index contributed by atoms with van der Waals surface area (Å²) in [7, 11) is 1.71. The molecule has 1 aromatic heterocycles. The van der Waals surface area contributed by atoms with Gasteiger partial charge in [-0.2, -0.15) is 5.10 Å². The number of hydrogen-bond donors (Lipinski definition) is 1. The highest BCUT2D eigenvalue weighted by Gasteiger charge is 2.57. The zero-order valence-electron chi connectivity index (χ0n) is 20.3. The topological polar surface area (TPSA) is 64.3 Å². The number of aromatic nitrogens is 2. The number of aryl methyl sites for hydroxylation is 1. The minimum Gasteiger partial charge on any atom is -0.387 e. The largest absolute Gasteiger partial charge is 0.387 e. The van der Waals surface area contributed by atoms with Crippen molar-refractivity contribution in [2.24, 2.45) is 40.9 Å². The Hall–Kier alpha value is -1.20. The number of fused-ring (bicyclic) bond motifs is 5. The van der Waals surface area contributed by atoms with Crippen LogP contribution in [0.1, 0.15) is 76.7 Å². The van der Waals surface area contributed by atoms with Crippen molar-refractivity contribution in [3.05, 3.63) is 18.0 Å². The van der Waals surface area contributed by atoms with Crippen molar-refractivity contribution in [2.45, 2.75) is 90.2 Å². The summed E-state index contributed by atoms with van der Waals surface area (Å²) in [5.74, 6) is 4.24. The number of Topliss-reactive ketones (excluding diaryl/α,β-unsaturated/α-hetero) is 1. The minimum absolute atomic E-state index is 0.150. The van der Waals surface area contributed by atoms with E-state index in [9.17, 15) is 9.90 Å². The van der Waals surface area contributed by atoms with Crippen molar-refractivity contribution >= 4 is 5.78 Å². The van der Waals surface area contributed by atoms with Crippen molar-refractivity contribution in [1.29, 1.82) is 0 Å². The average Bonchev–Trinajstić information content (AvgIpc) is 3.16. The Kier molecular flexibility index (Phi) is 6.03. The van der Waals surface area contributed by atoms with Gasteiger partial charge in [-0.3, -0.25) is 9.48 Å². The van der Waals surface area contributed by atoms with Crippen LogP contribution in [-0.4, -0.2) is 40.0 Å². The third-order valence-electron chi connectivity index (χ3n) is 10.2. The lowest BCUT2D eigenvalue weighted by Crippen LogP contribution is -2.55. The van der Waals surface area contributed by atoms with Gasteiger partial charge in [0.05, 0.1) is 24.9 Å². The zero-order chi connectivity index (χ0) is 22.5. The van der Waals surface area contributed by atoms with E-state index in [1.54, 1.807) is 7.11 Å². The van der Waals surface area contributed by atoms with Gasteiger partial charge in [0.15, 0.2) is 5.78 Å². The highest BCUT2D eigenvalue weighted by molar-refractivity contribution is 5.81. The van der Waals surface area contributed by atoms with Crippen LogP contribution in [-0.2, 0) is 16.1 Å². The summed E-state index contributed by atoms with van der Waals surface area (Å²) >= 11 is 0. The van der Waals surface area contributed by atoms with Gasteiger partial charge in [0.25, 0.3) is 0 Å². The van der Waals surface area contributed by atoms with Gasteiger partial charge in [0.2, 0.25) is 0 Å². The van der Waals surface area contributed by atoms with Crippen LogP contribution in [0, 0.1) is 47.8 Å². The maximum Gasteiger partial charge on any atom is 0.157 e. The number of ether oxygens (including phenoxy) is 1. The maximum atomic E-state index is 13.5. The molecule has 1 N–H and O–H groups in total. The summed E-state index contributed by atoms with van der Waals surface area (Å²) in [4.78, 5) is 13.5. The fraction of sp³-hybridized carbons (Fsp3) is 0.852. The molecular formula is C27H42N2O3. The molecule has 0 amide bonds. The number of carbonyl (C=O) groups excluding carboxylic acids is 1. The molecule has 0 aliphatic heterocycles. The number of hydrogen-bond acceptors (Lipinski definition) is 4. The van der Waals surface area contributed by atoms with Crippen LogP contribution in [0.3, 0.4) is 0 Å². The van der Waals surface area contributed by atoms with Gasteiger partial charge in [-0.1, -0.05) is 13.3 Å². The molecule has 4 aliphatic rings. The minimum atomic E-state index is -0.612. The second kappa shape index (κ2) is 8.54. The Morgan fingerprint density at radius 1 is 1.16 bits per heavy atom. The summed E-state index contributed by atoms with van der Waals surface area (Å²) in [5.41, 5.74) is 0.656. The van der Waals surface area contributed by atoms with Crippen molar-refractivity contribution in [3.63, 3.8) is 0 Å². The Morgan fingerprint density at radius 2 is 1.97 bits per heavy atom. The molecular weight excluding hydrogens is 400 g/mol. The number of aliphatic hydroxyl groups is 1. The smallest absolute Gasteiger partial charge is 0.157 e. The van der Waals surface area contributed by atoms with Crippen LogP contribution in [0.5, 0.6) is 0 Å². The van der Waals surface area contributed by atoms with Crippen molar-refractivity contribution < 1.29 is 14.6 Å². The SMILES string of the molecule is COC[C@@]1(O)CC[C@H]2[C@@H](CC[C@@H]3[C@@H]2CC[C@]2(C)[C@@H](C(=O)Cn4cc(C)cn4)CCC[C@@H]32)C1. The van der Waals surface area contributed by atoms with Gasteiger partial charge in [-0.25, -0.2) is 0 Å². The summed E-state index contributed by atoms with van der Waals surface area (Å²) in [6, 6.07) is 0. The summed E-state index contributed by atoms with van der Waals surface area (Å²) in [5, 5.41) is 15.4. The molecule has 4 fully saturated rings. The lowest BCUT2D eigenvalue weighted by atomic mass is 9.44. The number of rotatable bonds is 5. The fourth-order valence-electron chi connectivity index (χ4n) is 8.91. The number of ketones is 1. The standard InChI is InChI=1S/C27H42N2O3/c1-18-14-28-29(15-18)16-25(30)24-6-4-5-23-22-8-7-19-13-27(31,17-32-3)12-10-20(19)21(22)9-11-26(23,24)2/h14-15,19-24,31H,4-13,16-17H2,1-3H3/t19-,20-,21+,22+,23-,24+,26-,27+/m0/s1. The van der Waals surface area contributed by atoms with Gasteiger partial charge < -0.3 is 9.84 Å². The van der Waals surface area contributed by atoms with Crippen molar-refractivity contribution in [1.82, 2.24) is 9.78 Å². The Bertz CT molecular complexity index is 837. The van der Waals surface area contributed by atoms with E-state index in [1.165, 1.54) is 38.5 Å². The average molecular weight is 443 g/mol. The Balaban J connectivity index is 1.31. The second-order valence-electron chi connectivity index (χ2n) is 12.0. The van der Waals surface area contributed by atoms with Crippen LogP contribution in [0.25, 0.3) is 0 Å². The first kappa shape index (κ1) is 22.6. The summed E-state index contributed by atoms with van der Waals surface area (Å²) < 4.78 is 7.18. The Labute approximate surface area is 193 Å². The molecule has 0 saturated heterocycles. The van der Waals surface area contributed by atoms with E-state index < -0.39 is 5.60 Å². The Morgan fingerprint density at radius 3 is 2.72 bits per heavy atom. The fourth-order valence-corrected chi connectivity index (χ4v) is 8.91. The predicted molar refractivity (Wildman–Crippen MR) is 124 cm³/mol. The first-order chi connectivity index (χ1) is 15.3. The van der Waals surface area contributed by atoms with E-state index in [0.29, 0.717) is 30.8 Å². The van der Waals surface area contributed by atoms with Gasteiger partial charge in [0, 0.05) is 19.2 Å². The van der Waals surface area contributed by atoms with E-state index in [4.69, 9.17) is 4.74 Å². The molecule has 32 heavy (non-hydrogen) atoms. The lowest BCUT2D eigenvalue weighted by molar-refractivity contribution is -0.153. The molecule has 5 heteroatoms. The van der Waals surface area contributed by atoms with Crippen molar-refractivity contribution in [2.75, 3.05) is 13.7 Å². The van der Waals surface area contributed by atoms with Crippen LogP contribution in [0.15, 0.2) is 12.4 Å². The molecule has 0 radical (unpaired) electrons. The molecule has 1 heterocycles. The van der Waals surface area contributed by atoms with Crippen LogP contribution < -0.4 is 0 Å². The van der Waals surface area contributed by atoms with Crippen molar-refractivity contribution in [3.8, 4) is 0 Å². The van der Waals surface area contributed by atoms with Gasteiger partial charge >= 0.3 is 0 Å². The van der Waals surface area contributed by atoms with E-state index >= 15 is 0 Å². The third-order valence-corrected chi connectivity index (χ3v) is 10.2. The van der Waals surface area contributed by atoms with E-state index in [-0.39, 0.29) is 11.3 Å². The van der Waals surface area contributed by atoms with Gasteiger partial charge in [-0.05, 0) is 105 Å². The van der Waals surface area contributed by atoms with E-state index in [2.05, 4.69) is 12.0 Å². The van der Waals surface area contributed by atoms with Crippen LogP contribution >= 0.6 is 0 Å². The van der Waals surface area contributed by atoms with Crippen LogP contribution in [0.2, 0.25) is 0 Å². The molecule has 4 saturated carbocycles. The van der Waals surface area contributed by atoms with Gasteiger partial charge in [-0.15, -0.1) is 0 Å². The molecule has 8 atom stereocenters. The molecule has 1 aromatic rings. The second-order valence-corrected chi connectivity index (χ2v) is 12.0. The highest BCUT2D eigenvalue weighted by atomic mass is 16.5. The summed E-state index contributed by atoms with van der Waals surface area (Å²) in [6.07, 6.45) is 15.3. The van der Waals surface area contributed by atoms with Gasteiger partial charge in [0.1, 0.15) is 0 Å². The summed E-state index contributed by atoms with van der Waals surface area (Å²) in [6.45, 7) is 5.39. The molecule has 5 rings (SSSR count). The number of methoxy groups -OCH3 is 1. The molecule has 5 nitrogen and oxygen atoms in total. The number of carbonyl (C=O) groups is 1. The molecule has 0 bridgehead atoms. The number of nitrogens with zero attached hydrogens (tertiary/aromatic N) is 2. The normalized spacial score (nSPS) is 43.8. The highest BCUT2D eigenvalue weighted by Crippen LogP contribution is 2.63. The molecule has 178 valence electrons. The lowest BCUT2D eigenvalue weighted by Gasteiger charge is -2.60. The zero-order valence-corrected chi connectivity index (χ0v) is 20.3. The molecule has 0 aromatic carbocycles. The third kappa shape index (κ3) is 3.87. The molecule has 4 aliphatic carbocycles. The molecule has 0 spiro atoms. The molecule has 0 unspecified atom stereocenters. The van der Waals surface area contributed by atoms with E-state index in [1.807, 2.05) is 24.0 Å². The first-order valence-electron chi connectivity index (χ1n) is 13.1. The first-order valence-corrected chi connectivity index (χ1v) is 13.1.